The maximum Gasteiger partial charge on any atom is 0.289 e. The molecule has 162 valence electrons. The van der Waals surface area contributed by atoms with E-state index in [1.54, 1.807) is 12.1 Å². The Bertz CT molecular complexity index is 1140. The van der Waals surface area contributed by atoms with Crippen molar-refractivity contribution < 1.29 is 9.21 Å². The Balaban J connectivity index is 1.39. The van der Waals surface area contributed by atoms with E-state index in [4.69, 9.17) is 4.42 Å². The van der Waals surface area contributed by atoms with Crippen molar-refractivity contribution in [1.82, 2.24) is 30.0 Å². The first-order valence-electron chi connectivity index (χ1n) is 10.7. The fourth-order valence-corrected chi connectivity index (χ4v) is 4.17. The summed E-state index contributed by atoms with van der Waals surface area (Å²) in [6.45, 7) is 3.25. The molecule has 0 saturated carbocycles. The first-order chi connectivity index (χ1) is 15.8. The van der Waals surface area contributed by atoms with Crippen LogP contribution in [0.15, 0.2) is 83.5 Å². The van der Waals surface area contributed by atoms with E-state index in [0.717, 1.165) is 17.0 Å². The molecule has 0 N–H and O–H groups in total. The molecule has 8 nitrogen and oxygen atoms in total. The molecular weight excluding hydrogens is 404 g/mol. The minimum Gasteiger partial charge on any atom is -0.459 e. The van der Waals surface area contributed by atoms with Gasteiger partial charge in [-0.1, -0.05) is 60.7 Å². The summed E-state index contributed by atoms with van der Waals surface area (Å²) in [5.41, 5.74) is 2.27. The van der Waals surface area contributed by atoms with Gasteiger partial charge in [0.1, 0.15) is 0 Å². The van der Waals surface area contributed by atoms with Crippen LogP contribution < -0.4 is 0 Å². The number of carbonyl (C=O) groups is 1. The summed E-state index contributed by atoms with van der Waals surface area (Å²) in [7, 11) is 0. The SMILES string of the molecule is O=C(c1ccco1)N1CCN(C(c2ccccc2)c2nnnn2Cc2ccccc2)CC1. The summed E-state index contributed by atoms with van der Waals surface area (Å²) in [6, 6.07) is 23.8. The van der Waals surface area contributed by atoms with Crippen LogP contribution in [0.5, 0.6) is 0 Å². The predicted molar refractivity (Wildman–Crippen MR) is 118 cm³/mol. The summed E-state index contributed by atoms with van der Waals surface area (Å²) in [5.74, 6) is 1.11. The molecule has 1 atom stereocenters. The molecule has 8 heteroatoms. The Labute approximate surface area is 186 Å². The van der Waals surface area contributed by atoms with Crippen LogP contribution in [-0.4, -0.2) is 62.1 Å². The van der Waals surface area contributed by atoms with Gasteiger partial charge in [0, 0.05) is 26.2 Å². The van der Waals surface area contributed by atoms with Crippen LogP contribution in [0.3, 0.4) is 0 Å². The lowest BCUT2D eigenvalue weighted by Gasteiger charge is -2.38. The van der Waals surface area contributed by atoms with Gasteiger partial charge >= 0.3 is 0 Å². The van der Waals surface area contributed by atoms with E-state index in [-0.39, 0.29) is 11.9 Å². The van der Waals surface area contributed by atoms with E-state index in [9.17, 15) is 4.79 Å². The van der Waals surface area contributed by atoms with E-state index < -0.39 is 0 Å². The summed E-state index contributed by atoms with van der Waals surface area (Å²) in [4.78, 5) is 16.8. The standard InChI is InChI=1S/C24H24N6O2/c31-24(21-12-7-17-32-21)29-15-13-28(14-16-29)22(20-10-5-2-6-11-20)23-25-26-27-30(23)18-19-8-3-1-4-9-19/h1-12,17,22H,13-16,18H2. The van der Waals surface area contributed by atoms with Crippen molar-refractivity contribution in [3.63, 3.8) is 0 Å². The molecule has 3 heterocycles. The van der Waals surface area contributed by atoms with E-state index in [1.807, 2.05) is 46.0 Å². The van der Waals surface area contributed by atoms with Crippen LogP contribution in [-0.2, 0) is 6.54 Å². The third-order valence-electron chi connectivity index (χ3n) is 5.79. The first-order valence-corrected chi connectivity index (χ1v) is 10.7. The molecule has 0 spiro atoms. The van der Waals surface area contributed by atoms with Crippen LogP contribution in [0.1, 0.15) is 33.5 Å². The molecule has 0 bridgehead atoms. The van der Waals surface area contributed by atoms with Gasteiger partial charge in [0.2, 0.25) is 0 Å². The summed E-state index contributed by atoms with van der Waals surface area (Å²) in [5, 5.41) is 12.7. The quantitative estimate of drug-likeness (QED) is 0.470. The molecule has 1 saturated heterocycles. The second kappa shape index (κ2) is 9.15. The highest BCUT2D eigenvalue weighted by molar-refractivity contribution is 5.91. The Morgan fingerprint density at radius 1 is 0.906 bits per heavy atom. The van der Waals surface area contributed by atoms with Crippen LogP contribution in [0, 0.1) is 0 Å². The number of tetrazole rings is 1. The number of aromatic nitrogens is 4. The second-order valence-corrected chi connectivity index (χ2v) is 7.80. The van der Waals surface area contributed by atoms with E-state index >= 15 is 0 Å². The molecule has 2 aromatic heterocycles. The van der Waals surface area contributed by atoms with Gasteiger partial charge in [-0.2, -0.15) is 0 Å². The Kier molecular flexibility index (Phi) is 5.76. The van der Waals surface area contributed by atoms with Crippen molar-refractivity contribution in [3.8, 4) is 0 Å². The smallest absolute Gasteiger partial charge is 0.289 e. The lowest BCUT2D eigenvalue weighted by Crippen LogP contribution is -2.50. The minimum atomic E-state index is -0.101. The zero-order chi connectivity index (χ0) is 21.8. The molecule has 1 aliphatic heterocycles. The highest BCUT2D eigenvalue weighted by Gasteiger charge is 2.32. The van der Waals surface area contributed by atoms with E-state index in [1.165, 1.54) is 6.26 Å². The fourth-order valence-electron chi connectivity index (χ4n) is 4.17. The van der Waals surface area contributed by atoms with Gasteiger partial charge in [0.05, 0.1) is 18.8 Å². The maximum absolute atomic E-state index is 12.7. The van der Waals surface area contributed by atoms with Crippen molar-refractivity contribution >= 4 is 5.91 Å². The highest BCUT2D eigenvalue weighted by Crippen LogP contribution is 2.28. The molecule has 1 fully saturated rings. The molecule has 1 unspecified atom stereocenters. The number of carbonyl (C=O) groups excluding carboxylic acids is 1. The van der Waals surface area contributed by atoms with Crippen LogP contribution >= 0.6 is 0 Å². The van der Waals surface area contributed by atoms with Gasteiger partial charge in [0.25, 0.3) is 5.91 Å². The lowest BCUT2D eigenvalue weighted by atomic mass is 10.0. The molecule has 0 aliphatic carbocycles. The van der Waals surface area contributed by atoms with Crippen molar-refractivity contribution in [1.29, 1.82) is 0 Å². The number of hydrogen-bond donors (Lipinski definition) is 0. The molecule has 5 rings (SSSR count). The number of nitrogens with zero attached hydrogens (tertiary/aromatic N) is 6. The average molecular weight is 428 g/mol. The zero-order valence-electron chi connectivity index (χ0n) is 17.6. The first kappa shape index (κ1) is 20.1. The van der Waals surface area contributed by atoms with Gasteiger partial charge in [0.15, 0.2) is 11.6 Å². The van der Waals surface area contributed by atoms with Crippen LogP contribution in [0.25, 0.3) is 0 Å². The van der Waals surface area contributed by atoms with Gasteiger partial charge in [-0.25, -0.2) is 4.68 Å². The third kappa shape index (κ3) is 4.17. The Morgan fingerprint density at radius 2 is 1.62 bits per heavy atom. The van der Waals surface area contributed by atoms with E-state index in [0.29, 0.717) is 38.5 Å². The molecular formula is C24H24N6O2. The second-order valence-electron chi connectivity index (χ2n) is 7.80. The molecule has 32 heavy (non-hydrogen) atoms. The van der Waals surface area contributed by atoms with E-state index in [2.05, 4.69) is 44.7 Å². The molecule has 1 aliphatic rings. The molecule has 4 aromatic rings. The normalized spacial score (nSPS) is 15.6. The zero-order valence-corrected chi connectivity index (χ0v) is 17.6. The van der Waals surface area contributed by atoms with Gasteiger partial charge in [-0.05, 0) is 33.7 Å². The monoisotopic (exact) mass is 428 g/mol. The van der Waals surface area contributed by atoms with Crippen molar-refractivity contribution in [2.24, 2.45) is 0 Å². The fraction of sp³-hybridized carbons (Fsp3) is 0.250. The largest absolute Gasteiger partial charge is 0.459 e. The minimum absolute atomic E-state index is 0.0696. The predicted octanol–water partition coefficient (Wildman–Crippen LogP) is 2.86. The molecule has 1 amide bonds. The number of amides is 1. The Morgan fingerprint density at radius 3 is 2.31 bits per heavy atom. The lowest BCUT2D eigenvalue weighted by molar-refractivity contribution is 0.0559. The number of hydrogen-bond acceptors (Lipinski definition) is 6. The number of benzene rings is 2. The van der Waals surface area contributed by atoms with Crippen molar-refractivity contribution in [3.05, 3.63) is 102 Å². The van der Waals surface area contributed by atoms with Gasteiger partial charge < -0.3 is 9.32 Å². The average Bonchev–Trinajstić information content (AvgIpc) is 3.54. The summed E-state index contributed by atoms with van der Waals surface area (Å²) in [6.07, 6.45) is 1.53. The topological polar surface area (TPSA) is 80.3 Å². The number of furan rings is 1. The van der Waals surface area contributed by atoms with Crippen molar-refractivity contribution in [2.45, 2.75) is 12.6 Å². The van der Waals surface area contributed by atoms with Crippen LogP contribution in [0.2, 0.25) is 0 Å². The summed E-state index contributed by atoms with van der Waals surface area (Å²) < 4.78 is 7.16. The highest BCUT2D eigenvalue weighted by atomic mass is 16.3. The third-order valence-corrected chi connectivity index (χ3v) is 5.79. The van der Waals surface area contributed by atoms with Crippen molar-refractivity contribution in [2.75, 3.05) is 26.2 Å². The van der Waals surface area contributed by atoms with Gasteiger partial charge in [-0.3, -0.25) is 9.69 Å². The number of rotatable bonds is 6. The van der Waals surface area contributed by atoms with Crippen LogP contribution in [0.4, 0.5) is 0 Å². The van der Waals surface area contributed by atoms with Gasteiger partial charge in [-0.15, -0.1) is 5.10 Å². The molecule has 2 aromatic carbocycles. The summed E-state index contributed by atoms with van der Waals surface area (Å²) >= 11 is 0. The Hall–Kier alpha value is -3.78. The number of piperazine rings is 1. The molecule has 0 radical (unpaired) electrons. The maximum atomic E-state index is 12.7.